The summed E-state index contributed by atoms with van der Waals surface area (Å²) in [5.74, 6) is -2.33. The molecule has 0 aromatic heterocycles. The van der Waals surface area contributed by atoms with Gasteiger partial charge in [0.15, 0.2) is 0 Å². The average Bonchev–Trinajstić information content (AvgIpc) is 2.30. The summed E-state index contributed by atoms with van der Waals surface area (Å²) in [6.07, 6.45) is -0.276. The molecule has 0 aliphatic rings. The van der Waals surface area contributed by atoms with E-state index in [1.54, 1.807) is 13.8 Å². The first-order valence-corrected chi connectivity index (χ1v) is 6.07. The molecule has 6 N–H and O–H groups in total. The van der Waals surface area contributed by atoms with Crippen molar-refractivity contribution in [2.45, 2.75) is 38.8 Å². The van der Waals surface area contributed by atoms with Gasteiger partial charge >= 0.3 is 12.0 Å². The maximum absolute atomic E-state index is 11.4. The van der Waals surface area contributed by atoms with E-state index in [9.17, 15) is 19.2 Å². The summed E-state index contributed by atoms with van der Waals surface area (Å²) >= 11 is 0. The SMILES string of the molecule is CC(C)NC(=O)CNC(=O)NC(CCC(N)=O)C(=O)O. The van der Waals surface area contributed by atoms with Crippen molar-refractivity contribution in [2.24, 2.45) is 5.73 Å². The van der Waals surface area contributed by atoms with Gasteiger partial charge in [-0.05, 0) is 20.3 Å². The standard InChI is InChI=1S/C11H20N4O5/c1-6(2)14-9(17)5-13-11(20)15-7(10(18)19)3-4-8(12)16/h6-7H,3-5H2,1-2H3,(H2,12,16)(H,14,17)(H,18,19)(H2,13,15,20). The monoisotopic (exact) mass is 288 g/mol. The van der Waals surface area contributed by atoms with E-state index in [4.69, 9.17) is 10.8 Å². The summed E-state index contributed by atoms with van der Waals surface area (Å²) in [6.45, 7) is 3.26. The van der Waals surface area contributed by atoms with Crippen LogP contribution in [0.4, 0.5) is 4.79 Å². The third-order valence-corrected chi connectivity index (χ3v) is 2.14. The van der Waals surface area contributed by atoms with Crippen LogP contribution in [0.3, 0.4) is 0 Å². The molecule has 0 aliphatic heterocycles. The molecule has 0 rings (SSSR count). The summed E-state index contributed by atoms with van der Waals surface area (Å²) in [5, 5.41) is 15.8. The van der Waals surface area contributed by atoms with Gasteiger partial charge in [-0.15, -0.1) is 0 Å². The highest BCUT2D eigenvalue weighted by Gasteiger charge is 2.20. The Kier molecular flexibility index (Phi) is 7.71. The first kappa shape index (κ1) is 17.7. The first-order valence-electron chi connectivity index (χ1n) is 6.07. The number of carboxylic acid groups (broad SMARTS) is 1. The lowest BCUT2D eigenvalue weighted by Gasteiger charge is -2.14. The fourth-order valence-electron chi connectivity index (χ4n) is 1.29. The number of amides is 4. The van der Waals surface area contributed by atoms with Crippen molar-refractivity contribution >= 4 is 23.8 Å². The smallest absolute Gasteiger partial charge is 0.326 e. The van der Waals surface area contributed by atoms with E-state index in [0.717, 1.165) is 0 Å². The summed E-state index contributed by atoms with van der Waals surface area (Å²) in [6, 6.07) is -2.11. The predicted octanol–water partition coefficient (Wildman–Crippen LogP) is -1.47. The van der Waals surface area contributed by atoms with Gasteiger partial charge in [0, 0.05) is 12.5 Å². The van der Waals surface area contributed by atoms with Crippen LogP contribution in [-0.4, -0.2) is 47.5 Å². The molecule has 0 aliphatic carbocycles. The molecule has 0 radical (unpaired) electrons. The zero-order valence-electron chi connectivity index (χ0n) is 11.4. The van der Waals surface area contributed by atoms with Crippen LogP contribution in [0.5, 0.6) is 0 Å². The summed E-state index contributed by atoms with van der Waals surface area (Å²) < 4.78 is 0. The number of carboxylic acids is 1. The van der Waals surface area contributed by atoms with Crippen molar-refractivity contribution in [1.82, 2.24) is 16.0 Å². The van der Waals surface area contributed by atoms with Crippen molar-refractivity contribution in [2.75, 3.05) is 6.54 Å². The first-order chi connectivity index (χ1) is 9.22. The van der Waals surface area contributed by atoms with Crippen LogP contribution >= 0.6 is 0 Å². The fraction of sp³-hybridized carbons (Fsp3) is 0.636. The molecule has 9 heteroatoms. The number of carbonyl (C=O) groups is 4. The lowest BCUT2D eigenvalue weighted by Crippen LogP contribution is -2.49. The number of hydrogen-bond donors (Lipinski definition) is 5. The fourth-order valence-corrected chi connectivity index (χ4v) is 1.29. The second kappa shape index (κ2) is 8.73. The lowest BCUT2D eigenvalue weighted by atomic mass is 10.1. The predicted molar refractivity (Wildman–Crippen MR) is 69.7 cm³/mol. The van der Waals surface area contributed by atoms with E-state index in [0.29, 0.717) is 0 Å². The Morgan fingerprint density at radius 1 is 1.15 bits per heavy atom. The van der Waals surface area contributed by atoms with Gasteiger partial charge in [-0.3, -0.25) is 9.59 Å². The van der Waals surface area contributed by atoms with Gasteiger partial charge in [-0.25, -0.2) is 9.59 Å². The maximum atomic E-state index is 11.4. The number of nitrogens with two attached hydrogens (primary N) is 1. The van der Waals surface area contributed by atoms with Gasteiger partial charge in [0.25, 0.3) is 0 Å². The highest BCUT2D eigenvalue weighted by Crippen LogP contribution is 1.97. The molecule has 0 aromatic carbocycles. The van der Waals surface area contributed by atoms with Crippen LogP contribution in [0.15, 0.2) is 0 Å². The number of carbonyl (C=O) groups excluding carboxylic acids is 3. The van der Waals surface area contributed by atoms with E-state index < -0.39 is 23.9 Å². The van der Waals surface area contributed by atoms with Crippen molar-refractivity contribution in [3.63, 3.8) is 0 Å². The molecule has 0 saturated carbocycles. The third-order valence-electron chi connectivity index (χ3n) is 2.14. The van der Waals surface area contributed by atoms with E-state index in [2.05, 4.69) is 16.0 Å². The minimum absolute atomic E-state index is 0.0605. The Hall–Kier alpha value is -2.32. The maximum Gasteiger partial charge on any atom is 0.326 e. The number of urea groups is 1. The van der Waals surface area contributed by atoms with E-state index in [-0.39, 0.29) is 31.3 Å². The Bertz CT molecular complexity index is 383. The van der Waals surface area contributed by atoms with Gasteiger partial charge in [0.2, 0.25) is 11.8 Å². The normalized spacial score (nSPS) is 11.6. The molecule has 0 heterocycles. The van der Waals surface area contributed by atoms with Crippen LogP contribution in [0.1, 0.15) is 26.7 Å². The van der Waals surface area contributed by atoms with Crippen molar-refractivity contribution in [3.05, 3.63) is 0 Å². The zero-order chi connectivity index (χ0) is 15.7. The molecule has 0 saturated heterocycles. The van der Waals surface area contributed by atoms with Crippen molar-refractivity contribution < 1.29 is 24.3 Å². The zero-order valence-corrected chi connectivity index (χ0v) is 11.4. The van der Waals surface area contributed by atoms with Crippen LogP contribution in [0, 0.1) is 0 Å². The average molecular weight is 288 g/mol. The number of rotatable bonds is 8. The van der Waals surface area contributed by atoms with Gasteiger partial charge in [-0.2, -0.15) is 0 Å². The van der Waals surface area contributed by atoms with E-state index >= 15 is 0 Å². The third kappa shape index (κ3) is 8.72. The second-order valence-electron chi connectivity index (χ2n) is 4.45. The van der Waals surface area contributed by atoms with Crippen LogP contribution in [0.2, 0.25) is 0 Å². The summed E-state index contributed by atoms with van der Waals surface area (Å²) in [5.41, 5.74) is 4.90. The quantitative estimate of drug-likeness (QED) is 0.369. The van der Waals surface area contributed by atoms with Gasteiger partial charge in [0.1, 0.15) is 6.04 Å². The molecule has 0 aromatic rings. The highest BCUT2D eigenvalue weighted by atomic mass is 16.4. The van der Waals surface area contributed by atoms with E-state index in [1.807, 2.05) is 0 Å². The van der Waals surface area contributed by atoms with Crippen LogP contribution in [0.25, 0.3) is 0 Å². The molecule has 0 bridgehead atoms. The largest absolute Gasteiger partial charge is 0.480 e. The number of nitrogens with one attached hydrogen (secondary N) is 3. The molecule has 4 amide bonds. The number of hydrogen-bond acceptors (Lipinski definition) is 4. The second-order valence-corrected chi connectivity index (χ2v) is 4.45. The molecule has 20 heavy (non-hydrogen) atoms. The molecule has 0 fully saturated rings. The summed E-state index contributed by atoms with van der Waals surface area (Å²) in [7, 11) is 0. The van der Waals surface area contributed by atoms with Crippen LogP contribution < -0.4 is 21.7 Å². The van der Waals surface area contributed by atoms with Gasteiger partial charge in [0.05, 0.1) is 6.54 Å². The van der Waals surface area contributed by atoms with Crippen molar-refractivity contribution in [1.29, 1.82) is 0 Å². The molecular formula is C11H20N4O5. The Morgan fingerprint density at radius 2 is 1.75 bits per heavy atom. The molecular weight excluding hydrogens is 268 g/mol. The number of aliphatic carboxylic acids is 1. The Morgan fingerprint density at radius 3 is 2.20 bits per heavy atom. The minimum atomic E-state index is -1.28. The topological polar surface area (TPSA) is 151 Å². The molecule has 114 valence electrons. The lowest BCUT2D eigenvalue weighted by molar-refractivity contribution is -0.139. The minimum Gasteiger partial charge on any atom is -0.480 e. The van der Waals surface area contributed by atoms with Crippen molar-refractivity contribution in [3.8, 4) is 0 Å². The van der Waals surface area contributed by atoms with Crippen LogP contribution in [-0.2, 0) is 14.4 Å². The van der Waals surface area contributed by atoms with Gasteiger partial charge < -0.3 is 26.8 Å². The van der Waals surface area contributed by atoms with E-state index in [1.165, 1.54) is 0 Å². The Balaban J connectivity index is 4.16. The molecule has 9 nitrogen and oxygen atoms in total. The highest BCUT2D eigenvalue weighted by molar-refractivity contribution is 5.87. The molecule has 1 unspecified atom stereocenters. The Labute approximate surface area is 116 Å². The van der Waals surface area contributed by atoms with Gasteiger partial charge in [-0.1, -0.05) is 0 Å². The number of primary amides is 1. The summed E-state index contributed by atoms with van der Waals surface area (Å²) in [4.78, 5) is 44.1. The molecule has 1 atom stereocenters. The molecule has 0 spiro atoms.